The Balaban J connectivity index is 2.25. The number of anilines is 1. The Morgan fingerprint density at radius 3 is 2.46 bits per heavy atom. The van der Waals surface area contributed by atoms with Crippen molar-refractivity contribution in [2.45, 2.75) is 20.4 Å². The molecule has 6 heteroatoms. The Labute approximate surface area is 158 Å². The average molecular weight is 375 g/mol. The Morgan fingerprint density at radius 2 is 1.88 bits per heavy atom. The number of nitrogens with one attached hydrogen (secondary N) is 1. The van der Waals surface area contributed by atoms with E-state index in [1.165, 1.54) is 6.92 Å². The summed E-state index contributed by atoms with van der Waals surface area (Å²) < 4.78 is 0. The van der Waals surface area contributed by atoms with Crippen molar-refractivity contribution in [1.29, 1.82) is 0 Å². The molecule has 0 aliphatic rings. The topological polar surface area (TPSA) is 69.6 Å². The van der Waals surface area contributed by atoms with Crippen LogP contribution in [0.15, 0.2) is 48.5 Å². The minimum absolute atomic E-state index is 0.00618. The third-order valence-corrected chi connectivity index (χ3v) is 4.18. The van der Waals surface area contributed by atoms with Crippen LogP contribution in [0.1, 0.15) is 29.8 Å². The summed E-state index contributed by atoms with van der Waals surface area (Å²) >= 11 is 6.28. The van der Waals surface area contributed by atoms with E-state index in [4.69, 9.17) is 11.6 Å². The molecule has 138 valence electrons. The van der Waals surface area contributed by atoms with E-state index in [9.17, 15) is 14.7 Å². The molecule has 0 aliphatic carbocycles. The smallest absolute Gasteiger partial charge is 0.255 e. The van der Waals surface area contributed by atoms with Crippen LogP contribution < -0.4 is 5.32 Å². The quantitative estimate of drug-likeness (QED) is 0.778. The van der Waals surface area contributed by atoms with Crippen molar-refractivity contribution in [2.75, 3.05) is 18.5 Å². The number of aliphatic hydroxyl groups excluding tert-OH is 1. The SMILES string of the molecule is CC(=O)Nc1ccc(C(=O)N(Cc2ccccc2)C[C@H](C)CO)c(Cl)c1. The predicted molar refractivity (Wildman–Crippen MR) is 103 cm³/mol. The van der Waals surface area contributed by atoms with Gasteiger partial charge in [-0.1, -0.05) is 48.9 Å². The van der Waals surface area contributed by atoms with Gasteiger partial charge in [-0.15, -0.1) is 0 Å². The van der Waals surface area contributed by atoms with Gasteiger partial charge in [0.25, 0.3) is 5.91 Å². The van der Waals surface area contributed by atoms with Gasteiger partial charge in [-0.05, 0) is 29.7 Å². The van der Waals surface area contributed by atoms with Crippen molar-refractivity contribution in [2.24, 2.45) is 5.92 Å². The fraction of sp³-hybridized carbons (Fsp3) is 0.300. The molecule has 0 aliphatic heterocycles. The summed E-state index contributed by atoms with van der Waals surface area (Å²) in [6, 6.07) is 14.5. The van der Waals surface area contributed by atoms with E-state index in [0.717, 1.165) is 5.56 Å². The average Bonchev–Trinajstić information content (AvgIpc) is 2.61. The predicted octanol–water partition coefficient (Wildman–Crippen LogP) is 3.57. The molecule has 0 saturated carbocycles. The number of benzene rings is 2. The van der Waals surface area contributed by atoms with Crippen molar-refractivity contribution < 1.29 is 14.7 Å². The maximum atomic E-state index is 13.0. The summed E-state index contributed by atoms with van der Waals surface area (Å²) in [7, 11) is 0. The second-order valence-electron chi connectivity index (χ2n) is 6.33. The van der Waals surface area contributed by atoms with E-state index in [2.05, 4.69) is 5.32 Å². The first-order valence-corrected chi connectivity index (χ1v) is 8.79. The van der Waals surface area contributed by atoms with E-state index < -0.39 is 0 Å². The third-order valence-electron chi connectivity index (χ3n) is 3.87. The van der Waals surface area contributed by atoms with Crippen molar-refractivity contribution in [3.05, 3.63) is 64.7 Å². The molecule has 0 heterocycles. The van der Waals surface area contributed by atoms with Crippen LogP contribution in [0.5, 0.6) is 0 Å². The number of hydrogen-bond acceptors (Lipinski definition) is 3. The summed E-state index contributed by atoms with van der Waals surface area (Å²) in [5.74, 6) is -0.476. The molecule has 26 heavy (non-hydrogen) atoms. The van der Waals surface area contributed by atoms with E-state index in [-0.39, 0.29) is 29.4 Å². The highest BCUT2D eigenvalue weighted by Gasteiger charge is 2.21. The van der Waals surface area contributed by atoms with Crippen molar-refractivity contribution in [3.8, 4) is 0 Å². The highest BCUT2D eigenvalue weighted by molar-refractivity contribution is 6.34. The molecule has 0 saturated heterocycles. The molecule has 0 radical (unpaired) electrons. The summed E-state index contributed by atoms with van der Waals surface area (Å²) in [4.78, 5) is 25.9. The van der Waals surface area contributed by atoms with E-state index in [0.29, 0.717) is 24.3 Å². The summed E-state index contributed by atoms with van der Waals surface area (Å²) in [5, 5.41) is 12.3. The summed E-state index contributed by atoms with van der Waals surface area (Å²) in [6.07, 6.45) is 0. The van der Waals surface area contributed by atoms with Crippen molar-refractivity contribution in [3.63, 3.8) is 0 Å². The Kier molecular flexibility index (Phi) is 7.18. The lowest BCUT2D eigenvalue weighted by atomic mass is 10.1. The molecule has 0 spiro atoms. The van der Waals surface area contributed by atoms with Gasteiger partial charge in [0.2, 0.25) is 5.91 Å². The highest BCUT2D eigenvalue weighted by Crippen LogP contribution is 2.23. The molecular weight excluding hydrogens is 352 g/mol. The van der Waals surface area contributed by atoms with Crippen LogP contribution in [0.2, 0.25) is 5.02 Å². The first-order chi connectivity index (χ1) is 12.4. The Hall–Kier alpha value is -2.37. The summed E-state index contributed by atoms with van der Waals surface area (Å²) in [5.41, 5.74) is 1.90. The lowest BCUT2D eigenvalue weighted by molar-refractivity contribution is -0.114. The van der Waals surface area contributed by atoms with Crippen LogP contribution in [0.3, 0.4) is 0 Å². The van der Waals surface area contributed by atoms with Gasteiger partial charge in [0.1, 0.15) is 0 Å². The van der Waals surface area contributed by atoms with Crippen LogP contribution in [0.25, 0.3) is 0 Å². The standard InChI is InChI=1S/C20H23ClN2O3/c1-14(13-24)11-23(12-16-6-4-3-5-7-16)20(26)18-9-8-17(10-19(18)21)22-15(2)25/h3-10,14,24H,11-13H2,1-2H3,(H,22,25)/t14-/m0/s1. The van der Waals surface area contributed by atoms with Gasteiger partial charge in [0.15, 0.2) is 0 Å². The molecule has 2 aromatic rings. The molecule has 0 aromatic heterocycles. The molecule has 2 aromatic carbocycles. The Morgan fingerprint density at radius 1 is 1.19 bits per heavy atom. The molecule has 0 fully saturated rings. The van der Waals surface area contributed by atoms with Gasteiger partial charge >= 0.3 is 0 Å². The lowest BCUT2D eigenvalue weighted by Crippen LogP contribution is -2.35. The maximum absolute atomic E-state index is 13.0. The minimum Gasteiger partial charge on any atom is -0.396 e. The maximum Gasteiger partial charge on any atom is 0.255 e. The van der Waals surface area contributed by atoms with Crippen LogP contribution in [-0.2, 0) is 11.3 Å². The van der Waals surface area contributed by atoms with Crippen molar-refractivity contribution >= 4 is 29.1 Å². The molecule has 0 unspecified atom stereocenters. The second-order valence-corrected chi connectivity index (χ2v) is 6.74. The number of amides is 2. The largest absolute Gasteiger partial charge is 0.396 e. The van der Waals surface area contributed by atoms with E-state index >= 15 is 0 Å². The number of hydrogen-bond donors (Lipinski definition) is 2. The molecule has 2 rings (SSSR count). The lowest BCUT2D eigenvalue weighted by Gasteiger charge is -2.26. The molecule has 2 N–H and O–H groups in total. The van der Waals surface area contributed by atoms with Crippen LogP contribution in [0, 0.1) is 5.92 Å². The van der Waals surface area contributed by atoms with Crippen LogP contribution in [0.4, 0.5) is 5.69 Å². The number of nitrogens with zero attached hydrogens (tertiary/aromatic N) is 1. The van der Waals surface area contributed by atoms with Gasteiger partial charge in [0.05, 0.1) is 10.6 Å². The first-order valence-electron chi connectivity index (χ1n) is 8.42. The number of carbonyl (C=O) groups is 2. The fourth-order valence-corrected chi connectivity index (χ4v) is 2.86. The zero-order valence-electron chi connectivity index (χ0n) is 14.9. The highest BCUT2D eigenvalue weighted by atomic mass is 35.5. The molecule has 1 atom stereocenters. The van der Waals surface area contributed by atoms with Crippen LogP contribution in [-0.4, -0.2) is 35.0 Å². The van der Waals surface area contributed by atoms with E-state index in [1.807, 2.05) is 37.3 Å². The number of aliphatic hydroxyl groups is 1. The monoisotopic (exact) mass is 374 g/mol. The zero-order chi connectivity index (χ0) is 19.1. The zero-order valence-corrected chi connectivity index (χ0v) is 15.7. The number of rotatable bonds is 7. The molecule has 0 bridgehead atoms. The Bertz CT molecular complexity index is 765. The normalized spacial score (nSPS) is 11.7. The number of halogens is 1. The summed E-state index contributed by atoms with van der Waals surface area (Å²) in [6.45, 7) is 4.12. The van der Waals surface area contributed by atoms with Crippen molar-refractivity contribution in [1.82, 2.24) is 4.90 Å². The van der Waals surface area contributed by atoms with Gasteiger partial charge in [-0.25, -0.2) is 0 Å². The first kappa shape index (κ1) is 19.9. The third kappa shape index (κ3) is 5.58. The minimum atomic E-state index is -0.214. The molecule has 5 nitrogen and oxygen atoms in total. The van der Waals surface area contributed by atoms with Gasteiger partial charge in [-0.3, -0.25) is 9.59 Å². The van der Waals surface area contributed by atoms with E-state index in [1.54, 1.807) is 23.1 Å². The molecule has 2 amide bonds. The van der Waals surface area contributed by atoms with Gasteiger partial charge < -0.3 is 15.3 Å². The van der Waals surface area contributed by atoms with Crippen LogP contribution >= 0.6 is 11.6 Å². The van der Waals surface area contributed by atoms with Gasteiger partial charge in [-0.2, -0.15) is 0 Å². The second kappa shape index (κ2) is 9.36. The number of carbonyl (C=O) groups excluding carboxylic acids is 2. The fourth-order valence-electron chi connectivity index (χ4n) is 2.60. The van der Waals surface area contributed by atoms with Gasteiger partial charge in [0, 0.05) is 32.3 Å². The molecular formula is C20H23ClN2O3.